The number of nitrogens with zero attached hydrogens (tertiary/aromatic N) is 4. The van der Waals surface area contributed by atoms with Gasteiger partial charge >= 0.3 is 0 Å². The minimum atomic E-state index is -0.0242. The zero-order valence-electron chi connectivity index (χ0n) is 15.9. The molecule has 1 unspecified atom stereocenters. The topological polar surface area (TPSA) is 76.0 Å². The van der Waals surface area contributed by atoms with Gasteiger partial charge in [-0.1, -0.05) is 12.1 Å². The van der Waals surface area contributed by atoms with Gasteiger partial charge in [0.25, 0.3) is 5.91 Å². The molecule has 3 aromatic rings. The Hall–Kier alpha value is -3.09. The standard InChI is InChI=1S/C21H23N5O2/c1-28-15-6-2-5-14(11-15)17-13-22-20(24-17)19-8-3-9-25(19)21(27)16-12-23-26-10-4-7-18(16)26/h2,5-6,11-13,19H,3-4,7-10H2,1H3,(H,22,24). The maximum Gasteiger partial charge on any atom is 0.257 e. The monoisotopic (exact) mass is 377 g/mol. The number of benzene rings is 1. The molecule has 0 aliphatic carbocycles. The van der Waals surface area contributed by atoms with Crippen LogP contribution in [0.2, 0.25) is 0 Å². The number of nitrogens with one attached hydrogen (secondary N) is 1. The number of H-pyrrole nitrogens is 1. The predicted molar refractivity (Wildman–Crippen MR) is 104 cm³/mol. The average Bonchev–Trinajstić information content (AvgIpc) is 3.50. The van der Waals surface area contributed by atoms with E-state index in [9.17, 15) is 4.79 Å². The van der Waals surface area contributed by atoms with Gasteiger partial charge in [-0.2, -0.15) is 5.10 Å². The number of amides is 1. The maximum atomic E-state index is 13.2. The summed E-state index contributed by atoms with van der Waals surface area (Å²) in [6.07, 6.45) is 7.46. The Bertz CT molecular complexity index is 1020. The molecule has 2 aliphatic rings. The van der Waals surface area contributed by atoms with Crippen molar-refractivity contribution in [3.8, 4) is 17.0 Å². The van der Waals surface area contributed by atoms with Gasteiger partial charge in [0, 0.05) is 18.7 Å². The fourth-order valence-corrected chi connectivity index (χ4v) is 4.33. The van der Waals surface area contributed by atoms with Crippen molar-refractivity contribution in [2.45, 2.75) is 38.3 Å². The van der Waals surface area contributed by atoms with Crippen molar-refractivity contribution in [2.24, 2.45) is 0 Å². The van der Waals surface area contributed by atoms with Crippen molar-refractivity contribution in [3.05, 3.63) is 53.7 Å². The molecule has 1 N–H and O–H groups in total. The number of hydrogen-bond acceptors (Lipinski definition) is 4. The van der Waals surface area contributed by atoms with Gasteiger partial charge in [-0.05, 0) is 37.8 Å². The van der Waals surface area contributed by atoms with Crippen LogP contribution in [0.3, 0.4) is 0 Å². The first-order valence-corrected chi connectivity index (χ1v) is 9.79. The molecule has 0 spiro atoms. The predicted octanol–water partition coefficient (Wildman–Crippen LogP) is 3.21. The maximum absolute atomic E-state index is 13.2. The molecule has 4 heterocycles. The Labute approximate surface area is 163 Å². The highest BCUT2D eigenvalue weighted by Gasteiger charge is 2.35. The van der Waals surface area contributed by atoms with Crippen LogP contribution in [0.4, 0.5) is 0 Å². The van der Waals surface area contributed by atoms with Gasteiger partial charge in [0.15, 0.2) is 0 Å². The van der Waals surface area contributed by atoms with Crippen LogP contribution in [0.1, 0.15) is 47.2 Å². The third kappa shape index (κ3) is 2.78. The minimum Gasteiger partial charge on any atom is -0.497 e. The van der Waals surface area contributed by atoms with E-state index in [0.29, 0.717) is 0 Å². The lowest BCUT2D eigenvalue weighted by molar-refractivity contribution is 0.0729. The van der Waals surface area contributed by atoms with Gasteiger partial charge in [-0.15, -0.1) is 0 Å². The first-order chi connectivity index (χ1) is 13.7. The van der Waals surface area contributed by atoms with Crippen LogP contribution < -0.4 is 4.74 Å². The number of likely N-dealkylation sites (tertiary alicyclic amines) is 1. The van der Waals surface area contributed by atoms with Gasteiger partial charge in [0.1, 0.15) is 11.6 Å². The van der Waals surface area contributed by atoms with Gasteiger partial charge in [0.2, 0.25) is 0 Å². The van der Waals surface area contributed by atoms with E-state index < -0.39 is 0 Å². The number of aromatic amines is 1. The van der Waals surface area contributed by atoms with Crippen LogP contribution in [0, 0.1) is 0 Å². The van der Waals surface area contributed by atoms with Crippen LogP contribution in [0.25, 0.3) is 11.3 Å². The smallest absolute Gasteiger partial charge is 0.257 e. The van der Waals surface area contributed by atoms with Crippen molar-refractivity contribution in [1.82, 2.24) is 24.6 Å². The summed E-state index contributed by atoms with van der Waals surface area (Å²) >= 11 is 0. The summed E-state index contributed by atoms with van der Waals surface area (Å²) in [5.41, 5.74) is 3.78. The highest BCUT2D eigenvalue weighted by Crippen LogP contribution is 2.34. The van der Waals surface area contributed by atoms with Crippen LogP contribution >= 0.6 is 0 Å². The molecule has 2 aliphatic heterocycles. The first-order valence-electron chi connectivity index (χ1n) is 9.79. The van der Waals surface area contributed by atoms with Crippen LogP contribution in [-0.2, 0) is 13.0 Å². The molecule has 2 aromatic heterocycles. The highest BCUT2D eigenvalue weighted by atomic mass is 16.5. The largest absolute Gasteiger partial charge is 0.497 e. The number of methoxy groups -OCH3 is 1. The molecule has 1 saturated heterocycles. The number of aryl methyl sites for hydroxylation is 1. The van der Waals surface area contributed by atoms with E-state index in [4.69, 9.17) is 4.74 Å². The second-order valence-corrected chi connectivity index (χ2v) is 7.40. The van der Waals surface area contributed by atoms with E-state index >= 15 is 0 Å². The van der Waals surface area contributed by atoms with E-state index in [1.807, 2.05) is 40.0 Å². The van der Waals surface area contributed by atoms with E-state index in [2.05, 4.69) is 15.1 Å². The molecule has 28 heavy (non-hydrogen) atoms. The molecule has 0 radical (unpaired) electrons. The van der Waals surface area contributed by atoms with Gasteiger partial charge in [-0.25, -0.2) is 4.98 Å². The number of ether oxygens (including phenoxy) is 1. The number of hydrogen-bond donors (Lipinski definition) is 1. The summed E-state index contributed by atoms with van der Waals surface area (Å²) in [5, 5.41) is 4.38. The number of carbonyl (C=O) groups is 1. The van der Waals surface area contributed by atoms with Crippen molar-refractivity contribution < 1.29 is 9.53 Å². The van der Waals surface area contributed by atoms with Crippen molar-refractivity contribution in [1.29, 1.82) is 0 Å². The fourth-order valence-electron chi connectivity index (χ4n) is 4.33. The second kappa shape index (κ2) is 6.82. The molecule has 1 aromatic carbocycles. The Kier molecular flexibility index (Phi) is 4.15. The van der Waals surface area contributed by atoms with Crippen LogP contribution in [-0.4, -0.2) is 44.2 Å². The molecular weight excluding hydrogens is 354 g/mol. The SMILES string of the molecule is COc1cccc(-c2cnc(C3CCCN3C(=O)c3cnn4c3CCC4)[nH]2)c1. The summed E-state index contributed by atoms with van der Waals surface area (Å²) in [5.74, 6) is 1.72. The normalized spacial score (nSPS) is 18.5. The molecule has 1 atom stereocenters. The van der Waals surface area contributed by atoms with Crippen molar-refractivity contribution >= 4 is 5.91 Å². The summed E-state index contributed by atoms with van der Waals surface area (Å²) in [6, 6.07) is 7.85. The molecule has 1 fully saturated rings. The Morgan fingerprint density at radius 2 is 2.18 bits per heavy atom. The summed E-state index contributed by atoms with van der Waals surface area (Å²) in [4.78, 5) is 23.2. The molecule has 7 heteroatoms. The van der Waals surface area contributed by atoms with Crippen molar-refractivity contribution in [2.75, 3.05) is 13.7 Å². The minimum absolute atomic E-state index is 0.0242. The lowest BCUT2D eigenvalue weighted by Crippen LogP contribution is -2.31. The summed E-state index contributed by atoms with van der Waals surface area (Å²) < 4.78 is 7.28. The zero-order valence-corrected chi connectivity index (χ0v) is 15.9. The van der Waals surface area contributed by atoms with E-state index in [-0.39, 0.29) is 11.9 Å². The Morgan fingerprint density at radius 1 is 1.25 bits per heavy atom. The van der Waals surface area contributed by atoms with Crippen LogP contribution in [0.15, 0.2) is 36.7 Å². The molecule has 7 nitrogen and oxygen atoms in total. The molecule has 1 amide bonds. The third-order valence-electron chi connectivity index (χ3n) is 5.77. The highest BCUT2D eigenvalue weighted by molar-refractivity contribution is 5.95. The van der Waals surface area contributed by atoms with E-state index in [0.717, 1.165) is 72.9 Å². The number of rotatable bonds is 4. The van der Waals surface area contributed by atoms with E-state index in [1.54, 1.807) is 13.3 Å². The molecular formula is C21H23N5O2. The summed E-state index contributed by atoms with van der Waals surface area (Å²) in [7, 11) is 1.66. The molecule has 5 rings (SSSR count). The number of carbonyl (C=O) groups excluding carboxylic acids is 1. The molecule has 0 bridgehead atoms. The molecule has 0 saturated carbocycles. The first kappa shape index (κ1) is 17.0. The van der Waals surface area contributed by atoms with Gasteiger partial charge in [-0.3, -0.25) is 9.48 Å². The quantitative estimate of drug-likeness (QED) is 0.757. The number of fused-ring (bicyclic) bond motifs is 1. The van der Waals surface area contributed by atoms with Gasteiger partial charge < -0.3 is 14.6 Å². The zero-order chi connectivity index (χ0) is 19.1. The Balaban J connectivity index is 1.41. The van der Waals surface area contributed by atoms with E-state index in [1.165, 1.54) is 0 Å². The van der Waals surface area contributed by atoms with Crippen LogP contribution in [0.5, 0.6) is 5.75 Å². The number of imidazole rings is 1. The Morgan fingerprint density at radius 3 is 3.07 bits per heavy atom. The average molecular weight is 377 g/mol. The van der Waals surface area contributed by atoms with Gasteiger partial charge in [0.05, 0.1) is 42.5 Å². The number of aromatic nitrogens is 4. The molecule has 144 valence electrons. The third-order valence-corrected chi connectivity index (χ3v) is 5.77. The second-order valence-electron chi connectivity index (χ2n) is 7.40. The summed E-state index contributed by atoms with van der Waals surface area (Å²) in [6.45, 7) is 1.66. The van der Waals surface area contributed by atoms with Crippen molar-refractivity contribution in [3.63, 3.8) is 0 Å². The lowest BCUT2D eigenvalue weighted by Gasteiger charge is -2.23. The lowest BCUT2D eigenvalue weighted by atomic mass is 10.1. The fraction of sp³-hybridized carbons (Fsp3) is 0.381.